The molecule has 0 aliphatic heterocycles. The molecule has 0 aliphatic carbocycles. The highest BCUT2D eigenvalue weighted by Gasteiger charge is 1.98. The SMILES string of the molecule is O=CCCc1ccc2ccoc2c1. The van der Waals surface area contributed by atoms with Gasteiger partial charge in [-0.05, 0) is 24.1 Å². The number of benzene rings is 1. The molecule has 1 aromatic heterocycles. The molecule has 2 aromatic rings. The van der Waals surface area contributed by atoms with Crippen molar-refractivity contribution in [2.75, 3.05) is 0 Å². The highest BCUT2D eigenvalue weighted by Crippen LogP contribution is 2.17. The minimum Gasteiger partial charge on any atom is -0.464 e. The van der Waals surface area contributed by atoms with Crippen LogP contribution in [0.1, 0.15) is 12.0 Å². The van der Waals surface area contributed by atoms with Crippen molar-refractivity contribution < 1.29 is 9.21 Å². The summed E-state index contributed by atoms with van der Waals surface area (Å²) in [7, 11) is 0. The molecule has 13 heavy (non-hydrogen) atoms. The van der Waals surface area contributed by atoms with Crippen molar-refractivity contribution in [3.63, 3.8) is 0 Å². The van der Waals surface area contributed by atoms with Crippen LogP contribution < -0.4 is 0 Å². The minimum absolute atomic E-state index is 0.576. The Hall–Kier alpha value is -1.57. The van der Waals surface area contributed by atoms with Crippen LogP contribution in [0.4, 0.5) is 0 Å². The summed E-state index contributed by atoms with van der Waals surface area (Å²) in [6.45, 7) is 0. The van der Waals surface area contributed by atoms with E-state index in [1.807, 2.05) is 24.3 Å². The minimum atomic E-state index is 0.576. The summed E-state index contributed by atoms with van der Waals surface area (Å²) < 4.78 is 5.25. The van der Waals surface area contributed by atoms with Gasteiger partial charge in [-0.1, -0.05) is 12.1 Å². The fraction of sp³-hybridized carbons (Fsp3) is 0.182. The second kappa shape index (κ2) is 3.44. The van der Waals surface area contributed by atoms with Gasteiger partial charge in [-0.3, -0.25) is 0 Å². The molecule has 0 saturated carbocycles. The largest absolute Gasteiger partial charge is 0.464 e. The number of fused-ring (bicyclic) bond motifs is 1. The molecule has 1 aromatic carbocycles. The van der Waals surface area contributed by atoms with Gasteiger partial charge in [-0.25, -0.2) is 0 Å². The Morgan fingerprint density at radius 2 is 2.23 bits per heavy atom. The number of hydrogen-bond acceptors (Lipinski definition) is 2. The van der Waals surface area contributed by atoms with Gasteiger partial charge in [0.05, 0.1) is 6.26 Å². The first kappa shape index (κ1) is 8.05. The average Bonchev–Trinajstić information content (AvgIpc) is 2.61. The Labute approximate surface area is 76.2 Å². The second-order valence-electron chi connectivity index (χ2n) is 3.00. The maximum Gasteiger partial charge on any atom is 0.134 e. The summed E-state index contributed by atoms with van der Waals surface area (Å²) in [5, 5.41) is 1.11. The van der Waals surface area contributed by atoms with Crippen molar-refractivity contribution in [1.82, 2.24) is 0 Å². The summed E-state index contributed by atoms with van der Waals surface area (Å²) in [6, 6.07) is 7.96. The van der Waals surface area contributed by atoms with Crippen molar-refractivity contribution in [3.05, 3.63) is 36.1 Å². The molecule has 0 saturated heterocycles. The van der Waals surface area contributed by atoms with Crippen molar-refractivity contribution in [1.29, 1.82) is 0 Å². The predicted octanol–water partition coefficient (Wildman–Crippen LogP) is 2.56. The van der Waals surface area contributed by atoms with Crippen molar-refractivity contribution in [2.24, 2.45) is 0 Å². The van der Waals surface area contributed by atoms with E-state index >= 15 is 0 Å². The van der Waals surface area contributed by atoms with E-state index in [0.29, 0.717) is 6.42 Å². The standard InChI is InChI=1S/C11H10O2/c12-6-1-2-9-3-4-10-5-7-13-11(10)8-9/h3-8H,1-2H2. The Balaban J connectivity index is 2.31. The number of rotatable bonds is 3. The first-order chi connectivity index (χ1) is 6.40. The number of carbonyl (C=O) groups excluding carboxylic acids is 1. The number of aryl methyl sites for hydroxylation is 1. The molecule has 2 nitrogen and oxygen atoms in total. The van der Waals surface area contributed by atoms with Crippen LogP contribution in [0.2, 0.25) is 0 Å². The van der Waals surface area contributed by atoms with Gasteiger partial charge in [0.1, 0.15) is 11.9 Å². The fourth-order valence-electron chi connectivity index (χ4n) is 1.38. The third kappa shape index (κ3) is 1.61. The van der Waals surface area contributed by atoms with Crippen LogP contribution in [-0.4, -0.2) is 6.29 Å². The number of furan rings is 1. The van der Waals surface area contributed by atoms with Gasteiger partial charge in [-0.2, -0.15) is 0 Å². The summed E-state index contributed by atoms with van der Waals surface area (Å²) in [5.41, 5.74) is 2.04. The van der Waals surface area contributed by atoms with Crippen LogP contribution in [0, 0.1) is 0 Å². The molecule has 0 atom stereocenters. The monoisotopic (exact) mass is 174 g/mol. The molecule has 2 heteroatoms. The van der Waals surface area contributed by atoms with Gasteiger partial charge in [-0.15, -0.1) is 0 Å². The Morgan fingerprint density at radius 3 is 3.08 bits per heavy atom. The lowest BCUT2D eigenvalue weighted by Gasteiger charge is -1.96. The molecule has 1 heterocycles. The zero-order chi connectivity index (χ0) is 9.10. The van der Waals surface area contributed by atoms with E-state index in [2.05, 4.69) is 0 Å². The lowest BCUT2D eigenvalue weighted by atomic mass is 10.1. The normalized spacial score (nSPS) is 10.5. The van der Waals surface area contributed by atoms with E-state index in [9.17, 15) is 4.79 Å². The zero-order valence-electron chi connectivity index (χ0n) is 7.19. The molecule has 0 N–H and O–H groups in total. The number of carbonyl (C=O) groups is 1. The smallest absolute Gasteiger partial charge is 0.134 e. The molecular formula is C11H10O2. The van der Waals surface area contributed by atoms with E-state index in [4.69, 9.17) is 4.42 Å². The first-order valence-corrected chi connectivity index (χ1v) is 4.30. The van der Waals surface area contributed by atoms with Gasteiger partial charge in [0.2, 0.25) is 0 Å². The van der Waals surface area contributed by atoms with Crippen molar-refractivity contribution in [2.45, 2.75) is 12.8 Å². The molecule has 2 rings (SSSR count). The second-order valence-corrected chi connectivity index (χ2v) is 3.00. The number of aldehydes is 1. The molecule has 0 aliphatic rings. The molecule has 0 amide bonds. The lowest BCUT2D eigenvalue weighted by molar-refractivity contribution is -0.107. The van der Waals surface area contributed by atoms with E-state index in [1.165, 1.54) is 0 Å². The lowest BCUT2D eigenvalue weighted by Crippen LogP contribution is -1.84. The summed E-state index contributed by atoms with van der Waals surface area (Å²) in [6.07, 6.45) is 3.98. The van der Waals surface area contributed by atoms with Gasteiger partial charge >= 0.3 is 0 Å². The van der Waals surface area contributed by atoms with E-state index in [1.54, 1.807) is 6.26 Å². The molecule has 0 radical (unpaired) electrons. The van der Waals surface area contributed by atoms with Crippen molar-refractivity contribution in [3.8, 4) is 0 Å². The third-order valence-corrected chi connectivity index (χ3v) is 2.07. The molecule has 66 valence electrons. The highest BCUT2D eigenvalue weighted by molar-refractivity contribution is 5.77. The maximum atomic E-state index is 10.2. The van der Waals surface area contributed by atoms with Gasteiger partial charge in [0.25, 0.3) is 0 Å². The van der Waals surface area contributed by atoms with Crippen LogP contribution in [-0.2, 0) is 11.2 Å². The van der Waals surface area contributed by atoms with Gasteiger partial charge in [0.15, 0.2) is 0 Å². The summed E-state index contributed by atoms with van der Waals surface area (Å²) in [5.74, 6) is 0. The predicted molar refractivity (Wildman–Crippen MR) is 50.6 cm³/mol. The quantitative estimate of drug-likeness (QED) is 0.669. The van der Waals surface area contributed by atoms with Gasteiger partial charge in [0, 0.05) is 11.8 Å². The van der Waals surface area contributed by atoms with E-state index in [-0.39, 0.29) is 0 Å². The molecule has 0 bridgehead atoms. The Kier molecular flexibility index (Phi) is 2.13. The molecule has 0 spiro atoms. The van der Waals surface area contributed by atoms with E-state index in [0.717, 1.165) is 29.2 Å². The Morgan fingerprint density at radius 1 is 1.31 bits per heavy atom. The summed E-state index contributed by atoms with van der Waals surface area (Å²) in [4.78, 5) is 10.2. The average molecular weight is 174 g/mol. The van der Waals surface area contributed by atoms with Crippen LogP contribution in [0.25, 0.3) is 11.0 Å². The first-order valence-electron chi connectivity index (χ1n) is 4.30. The molecule has 0 unspecified atom stereocenters. The molecule has 0 fully saturated rings. The van der Waals surface area contributed by atoms with Crippen LogP contribution in [0.5, 0.6) is 0 Å². The van der Waals surface area contributed by atoms with Gasteiger partial charge < -0.3 is 9.21 Å². The maximum absolute atomic E-state index is 10.2. The number of hydrogen-bond donors (Lipinski definition) is 0. The topological polar surface area (TPSA) is 30.2 Å². The van der Waals surface area contributed by atoms with Crippen LogP contribution in [0.3, 0.4) is 0 Å². The molecular weight excluding hydrogens is 164 g/mol. The Bertz CT molecular complexity index is 415. The van der Waals surface area contributed by atoms with Crippen LogP contribution >= 0.6 is 0 Å². The fourth-order valence-corrected chi connectivity index (χ4v) is 1.38. The highest BCUT2D eigenvalue weighted by atomic mass is 16.3. The van der Waals surface area contributed by atoms with E-state index < -0.39 is 0 Å². The summed E-state index contributed by atoms with van der Waals surface area (Å²) >= 11 is 0. The zero-order valence-corrected chi connectivity index (χ0v) is 7.19. The van der Waals surface area contributed by atoms with Crippen molar-refractivity contribution >= 4 is 17.3 Å². The third-order valence-electron chi connectivity index (χ3n) is 2.07. The van der Waals surface area contributed by atoms with Crippen LogP contribution in [0.15, 0.2) is 34.9 Å².